The summed E-state index contributed by atoms with van der Waals surface area (Å²) in [5, 5.41) is 8.58. The van der Waals surface area contributed by atoms with Gasteiger partial charge in [0.25, 0.3) is 0 Å². The van der Waals surface area contributed by atoms with Gasteiger partial charge in [-0.25, -0.2) is 0 Å². The average Bonchev–Trinajstić information content (AvgIpc) is 3.29. The van der Waals surface area contributed by atoms with Crippen LogP contribution in [-0.4, -0.2) is 35.3 Å². The Morgan fingerprint density at radius 3 is 2.40 bits per heavy atom. The van der Waals surface area contributed by atoms with Crippen molar-refractivity contribution in [3.8, 4) is 17.2 Å². The third kappa shape index (κ3) is 4.90. The lowest BCUT2D eigenvalue weighted by Crippen LogP contribution is -2.36. The molecule has 2 heterocycles. The van der Waals surface area contributed by atoms with Crippen LogP contribution < -0.4 is 4.74 Å². The number of piperidine rings is 1. The van der Waals surface area contributed by atoms with E-state index in [4.69, 9.17) is 9.15 Å². The predicted octanol–water partition coefficient (Wildman–Crippen LogP) is 5.46. The summed E-state index contributed by atoms with van der Waals surface area (Å²) >= 11 is 0. The summed E-state index contributed by atoms with van der Waals surface area (Å²) in [7, 11) is 1.66. The molecule has 3 aromatic rings. The van der Waals surface area contributed by atoms with Gasteiger partial charge in [-0.05, 0) is 88.4 Å². The van der Waals surface area contributed by atoms with E-state index < -0.39 is 0 Å². The molecule has 1 aliphatic heterocycles. The summed E-state index contributed by atoms with van der Waals surface area (Å²) in [6, 6.07) is 16.8. The summed E-state index contributed by atoms with van der Waals surface area (Å²) < 4.78 is 11.2. The largest absolute Gasteiger partial charge is 0.497 e. The highest BCUT2D eigenvalue weighted by Gasteiger charge is 2.26. The number of methoxy groups -OCH3 is 1. The third-order valence-corrected chi connectivity index (χ3v) is 6.29. The Balaban J connectivity index is 1.29. The van der Waals surface area contributed by atoms with Crippen LogP contribution in [0.15, 0.2) is 52.9 Å². The fourth-order valence-corrected chi connectivity index (χ4v) is 4.16. The minimum atomic E-state index is 0.141. The van der Waals surface area contributed by atoms with Gasteiger partial charge in [0.1, 0.15) is 5.75 Å². The van der Waals surface area contributed by atoms with E-state index in [1.165, 1.54) is 36.8 Å². The van der Waals surface area contributed by atoms with Crippen LogP contribution in [-0.2, 0) is 6.42 Å². The van der Waals surface area contributed by atoms with Crippen molar-refractivity contribution in [2.75, 3.05) is 20.2 Å². The number of aryl methyl sites for hydroxylation is 2. The first-order chi connectivity index (χ1) is 14.6. The van der Waals surface area contributed by atoms with Crippen molar-refractivity contribution in [2.45, 2.75) is 45.6 Å². The highest BCUT2D eigenvalue weighted by atomic mass is 16.5. The van der Waals surface area contributed by atoms with E-state index in [-0.39, 0.29) is 6.04 Å². The minimum Gasteiger partial charge on any atom is -0.497 e. The zero-order valence-electron chi connectivity index (χ0n) is 18.2. The normalized spacial score (nSPS) is 16.5. The molecule has 0 amide bonds. The lowest BCUT2D eigenvalue weighted by molar-refractivity contribution is 0.122. The molecule has 1 aliphatic rings. The Morgan fingerprint density at radius 2 is 1.73 bits per heavy atom. The molecule has 0 spiro atoms. The Bertz CT molecular complexity index is 926. The molecule has 1 aromatic heterocycles. The fourth-order valence-electron chi connectivity index (χ4n) is 4.16. The maximum atomic E-state index is 6.00. The van der Waals surface area contributed by atoms with Crippen molar-refractivity contribution in [3.05, 3.63) is 65.5 Å². The van der Waals surface area contributed by atoms with E-state index in [9.17, 15) is 0 Å². The molecule has 1 fully saturated rings. The number of aromatic nitrogens is 2. The maximum Gasteiger partial charge on any atom is 0.247 e. The fraction of sp³-hybridized carbons (Fsp3) is 0.440. The van der Waals surface area contributed by atoms with Gasteiger partial charge in [-0.3, -0.25) is 4.90 Å². The lowest BCUT2D eigenvalue weighted by Gasteiger charge is -2.34. The van der Waals surface area contributed by atoms with Crippen molar-refractivity contribution in [1.82, 2.24) is 15.1 Å². The molecule has 0 bridgehead atoms. The first kappa shape index (κ1) is 20.6. The van der Waals surface area contributed by atoms with Gasteiger partial charge >= 0.3 is 0 Å². The average molecular weight is 406 g/mol. The highest BCUT2D eigenvalue weighted by Crippen LogP contribution is 2.30. The van der Waals surface area contributed by atoms with Gasteiger partial charge in [0.15, 0.2) is 0 Å². The van der Waals surface area contributed by atoms with Gasteiger partial charge in [-0.1, -0.05) is 29.8 Å². The minimum absolute atomic E-state index is 0.141. The first-order valence-corrected chi connectivity index (χ1v) is 10.9. The molecule has 1 atom stereocenters. The van der Waals surface area contributed by atoms with E-state index >= 15 is 0 Å². The van der Waals surface area contributed by atoms with Crippen LogP contribution in [0.3, 0.4) is 0 Å². The van der Waals surface area contributed by atoms with Crippen LogP contribution in [0.4, 0.5) is 0 Å². The number of hydrogen-bond donors (Lipinski definition) is 0. The molecule has 4 rings (SSSR count). The molecule has 2 aromatic carbocycles. The van der Waals surface area contributed by atoms with Crippen LogP contribution >= 0.6 is 0 Å². The second-order valence-corrected chi connectivity index (χ2v) is 8.35. The molecular formula is C25H31N3O2. The molecule has 5 nitrogen and oxygen atoms in total. The summed E-state index contributed by atoms with van der Waals surface area (Å²) in [6.07, 6.45) is 4.91. The number of likely N-dealkylation sites (tertiary alicyclic amines) is 1. The molecule has 0 aliphatic carbocycles. The van der Waals surface area contributed by atoms with Gasteiger partial charge < -0.3 is 9.15 Å². The van der Waals surface area contributed by atoms with Crippen LogP contribution in [0.2, 0.25) is 0 Å². The van der Waals surface area contributed by atoms with E-state index in [2.05, 4.69) is 53.2 Å². The van der Waals surface area contributed by atoms with Gasteiger partial charge in [-0.2, -0.15) is 0 Å². The predicted molar refractivity (Wildman–Crippen MR) is 118 cm³/mol. The molecular weight excluding hydrogens is 374 g/mol. The zero-order valence-corrected chi connectivity index (χ0v) is 18.2. The standard InChI is InChI=1S/C25H31N3O2/c1-18-4-6-20(7-5-18)8-9-21-14-16-28(17-15-21)19(2)24-26-27-25(30-24)22-10-12-23(29-3)13-11-22/h4-7,10-13,19,21H,8-9,14-17H2,1-3H3/t19-/m0/s1. The molecule has 1 saturated heterocycles. The van der Waals surface area contributed by atoms with E-state index in [1.807, 2.05) is 24.3 Å². The highest BCUT2D eigenvalue weighted by molar-refractivity contribution is 5.53. The van der Waals surface area contributed by atoms with E-state index in [0.29, 0.717) is 11.8 Å². The van der Waals surface area contributed by atoms with Gasteiger partial charge in [0.2, 0.25) is 11.8 Å². The lowest BCUT2D eigenvalue weighted by atomic mass is 9.90. The topological polar surface area (TPSA) is 51.4 Å². The maximum absolute atomic E-state index is 6.00. The quantitative estimate of drug-likeness (QED) is 0.522. The third-order valence-electron chi connectivity index (χ3n) is 6.29. The van der Waals surface area contributed by atoms with Gasteiger partial charge in [0, 0.05) is 5.56 Å². The smallest absolute Gasteiger partial charge is 0.247 e. The number of hydrogen-bond acceptors (Lipinski definition) is 5. The number of rotatable bonds is 7. The van der Waals surface area contributed by atoms with Crippen LogP contribution in [0.1, 0.15) is 49.2 Å². The molecule has 0 saturated carbocycles. The zero-order chi connectivity index (χ0) is 20.9. The van der Waals surface area contributed by atoms with Crippen LogP contribution in [0.5, 0.6) is 5.75 Å². The van der Waals surface area contributed by atoms with E-state index in [0.717, 1.165) is 30.3 Å². The molecule has 30 heavy (non-hydrogen) atoms. The second-order valence-electron chi connectivity index (χ2n) is 8.35. The molecule has 158 valence electrons. The summed E-state index contributed by atoms with van der Waals surface area (Å²) in [5.41, 5.74) is 3.70. The van der Waals surface area contributed by atoms with Crippen molar-refractivity contribution < 1.29 is 9.15 Å². The SMILES string of the molecule is COc1ccc(-c2nnc([C@H](C)N3CCC(CCc4ccc(C)cc4)CC3)o2)cc1. The first-order valence-electron chi connectivity index (χ1n) is 10.9. The van der Waals surface area contributed by atoms with Crippen LogP contribution in [0, 0.1) is 12.8 Å². The summed E-state index contributed by atoms with van der Waals surface area (Å²) in [6.45, 7) is 6.47. The molecule has 0 unspecified atom stereocenters. The Kier molecular flexibility index (Phi) is 6.48. The van der Waals surface area contributed by atoms with Crippen LogP contribution in [0.25, 0.3) is 11.5 Å². The second kappa shape index (κ2) is 9.43. The van der Waals surface area contributed by atoms with Crippen molar-refractivity contribution in [3.63, 3.8) is 0 Å². The number of nitrogens with zero attached hydrogens (tertiary/aromatic N) is 3. The molecule has 0 radical (unpaired) electrons. The Labute approximate surface area is 179 Å². The van der Waals surface area contributed by atoms with Gasteiger partial charge in [-0.15, -0.1) is 10.2 Å². The monoisotopic (exact) mass is 405 g/mol. The van der Waals surface area contributed by atoms with Crippen molar-refractivity contribution in [2.24, 2.45) is 5.92 Å². The Morgan fingerprint density at radius 1 is 1.03 bits per heavy atom. The molecule has 0 N–H and O–H groups in total. The summed E-state index contributed by atoms with van der Waals surface area (Å²) in [4.78, 5) is 2.47. The van der Waals surface area contributed by atoms with E-state index in [1.54, 1.807) is 7.11 Å². The summed E-state index contributed by atoms with van der Waals surface area (Å²) in [5.74, 6) is 2.87. The van der Waals surface area contributed by atoms with Crippen molar-refractivity contribution in [1.29, 1.82) is 0 Å². The van der Waals surface area contributed by atoms with Gasteiger partial charge in [0.05, 0.1) is 13.2 Å². The van der Waals surface area contributed by atoms with Crippen molar-refractivity contribution >= 4 is 0 Å². The number of benzene rings is 2. The number of ether oxygens (including phenoxy) is 1. The Hall–Kier alpha value is -2.66. The molecule has 5 heteroatoms.